The van der Waals surface area contributed by atoms with Crippen molar-refractivity contribution < 1.29 is 4.43 Å². The molecule has 0 spiro atoms. The largest absolute Gasteiger partial charge is 0.414 e. The Kier molecular flexibility index (Phi) is 3.82. The lowest BCUT2D eigenvalue weighted by atomic mass is 10.7. The summed E-state index contributed by atoms with van der Waals surface area (Å²) in [5, 5.41) is 0. The summed E-state index contributed by atoms with van der Waals surface area (Å²) >= 11 is 0. The number of rotatable bonds is 4. The molecule has 2 heteroatoms. The smallest absolute Gasteiger partial charge is 0.186 e. The normalized spacial score (nSPS) is 11.4. The molecule has 0 atom stereocenters. The molecule has 0 fully saturated rings. The average molecular weight is 144 g/mol. The molecular weight excluding hydrogens is 128 g/mol. The van der Waals surface area contributed by atoms with E-state index in [0.717, 1.165) is 0 Å². The van der Waals surface area contributed by atoms with Crippen LogP contribution in [0, 0.1) is 0 Å². The third-order valence-electron chi connectivity index (χ3n) is 1.44. The maximum Gasteiger partial charge on any atom is 0.186 e. The van der Waals surface area contributed by atoms with Gasteiger partial charge in [-0.05, 0) is 19.1 Å². The van der Waals surface area contributed by atoms with E-state index in [1.54, 1.807) is 0 Å². The minimum absolute atomic E-state index is 0.715. The van der Waals surface area contributed by atoms with Crippen LogP contribution in [-0.2, 0) is 4.43 Å². The third kappa shape index (κ3) is 4.42. The fraction of sp³-hybridized carbons (Fsp3) is 0.714. The predicted octanol–water partition coefficient (Wildman–Crippen LogP) is 2.41. The first kappa shape index (κ1) is 8.92. The predicted molar refractivity (Wildman–Crippen MR) is 44.1 cm³/mol. The van der Waals surface area contributed by atoms with E-state index < -0.39 is 8.32 Å². The van der Waals surface area contributed by atoms with Crippen LogP contribution in [0.5, 0.6) is 0 Å². The van der Waals surface area contributed by atoms with Crippen LogP contribution in [0.2, 0.25) is 19.1 Å². The molecule has 0 aromatic heterocycles. The van der Waals surface area contributed by atoms with Crippen LogP contribution in [0.1, 0.15) is 6.92 Å². The van der Waals surface area contributed by atoms with Gasteiger partial charge in [-0.15, -0.1) is 6.58 Å². The molecule has 0 saturated carbocycles. The lowest BCUT2D eigenvalue weighted by Gasteiger charge is -2.19. The average Bonchev–Trinajstić information content (AvgIpc) is 1.84. The summed E-state index contributed by atoms with van der Waals surface area (Å²) < 4.78 is 5.55. The molecule has 0 N–H and O–H groups in total. The number of hydrogen-bond acceptors (Lipinski definition) is 1. The number of hydrogen-bond donors (Lipinski definition) is 0. The zero-order valence-corrected chi connectivity index (χ0v) is 7.61. The van der Waals surface area contributed by atoms with E-state index in [-0.39, 0.29) is 0 Å². The van der Waals surface area contributed by atoms with Crippen molar-refractivity contribution in [2.45, 2.75) is 26.1 Å². The highest BCUT2D eigenvalue weighted by atomic mass is 28.4. The summed E-state index contributed by atoms with van der Waals surface area (Å²) in [6.45, 7) is 10.9. The second kappa shape index (κ2) is 3.85. The summed E-state index contributed by atoms with van der Waals surface area (Å²) in [6.07, 6.45) is 1.81. The van der Waals surface area contributed by atoms with E-state index >= 15 is 0 Å². The first-order valence-electron chi connectivity index (χ1n) is 3.37. The molecule has 0 aliphatic rings. The highest BCUT2D eigenvalue weighted by Crippen LogP contribution is 2.08. The van der Waals surface area contributed by atoms with Crippen molar-refractivity contribution in [3.05, 3.63) is 12.7 Å². The quantitative estimate of drug-likeness (QED) is 0.435. The van der Waals surface area contributed by atoms with Crippen LogP contribution < -0.4 is 0 Å². The standard InChI is InChI=1S/C7H16OSi/c1-5-7-8-9(3,4)6-2/h5H,1,6-7H2,2-4H3. The van der Waals surface area contributed by atoms with Gasteiger partial charge in [0.1, 0.15) is 0 Å². The van der Waals surface area contributed by atoms with Crippen molar-refractivity contribution in [3.8, 4) is 0 Å². The van der Waals surface area contributed by atoms with Gasteiger partial charge in [-0.25, -0.2) is 0 Å². The van der Waals surface area contributed by atoms with Crippen LogP contribution >= 0.6 is 0 Å². The van der Waals surface area contributed by atoms with Crippen LogP contribution in [0.4, 0.5) is 0 Å². The third-order valence-corrected chi connectivity index (χ3v) is 4.09. The first-order chi connectivity index (χ1) is 4.12. The fourth-order valence-corrected chi connectivity index (χ4v) is 1.16. The summed E-state index contributed by atoms with van der Waals surface area (Å²) in [5.74, 6) is 0. The van der Waals surface area contributed by atoms with Gasteiger partial charge >= 0.3 is 0 Å². The molecule has 0 heterocycles. The minimum atomic E-state index is -1.27. The Hall–Kier alpha value is -0.0831. The van der Waals surface area contributed by atoms with Gasteiger partial charge in [0.05, 0.1) is 6.61 Å². The van der Waals surface area contributed by atoms with Crippen molar-refractivity contribution in [2.24, 2.45) is 0 Å². The lowest BCUT2D eigenvalue weighted by Crippen LogP contribution is -2.28. The van der Waals surface area contributed by atoms with Gasteiger partial charge in [0.25, 0.3) is 0 Å². The SMILES string of the molecule is C=CCO[Si](C)(C)CC. The van der Waals surface area contributed by atoms with Crippen LogP contribution in [0.3, 0.4) is 0 Å². The molecule has 0 amide bonds. The fourth-order valence-electron chi connectivity index (χ4n) is 0.387. The van der Waals surface area contributed by atoms with Gasteiger partial charge < -0.3 is 4.43 Å². The Balaban J connectivity index is 3.44. The molecule has 0 aliphatic carbocycles. The molecule has 0 aromatic carbocycles. The zero-order valence-electron chi connectivity index (χ0n) is 6.61. The Labute approximate surface area is 58.9 Å². The van der Waals surface area contributed by atoms with Crippen molar-refractivity contribution in [2.75, 3.05) is 6.61 Å². The van der Waals surface area contributed by atoms with Gasteiger partial charge in [-0.3, -0.25) is 0 Å². The molecule has 54 valence electrons. The first-order valence-corrected chi connectivity index (χ1v) is 6.49. The Bertz CT molecular complexity index is 88.9. The molecule has 0 unspecified atom stereocenters. The van der Waals surface area contributed by atoms with E-state index in [9.17, 15) is 0 Å². The maximum absolute atomic E-state index is 5.55. The maximum atomic E-state index is 5.55. The van der Waals surface area contributed by atoms with E-state index in [0.29, 0.717) is 6.61 Å². The van der Waals surface area contributed by atoms with E-state index in [1.165, 1.54) is 6.04 Å². The Morgan fingerprint density at radius 1 is 1.56 bits per heavy atom. The van der Waals surface area contributed by atoms with Gasteiger partial charge in [0.2, 0.25) is 0 Å². The monoisotopic (exact) mass is 144 g/mol. The summed E-state index contributed by atoms with van der Waals surface area (Å²) in [4.78, 5) is 0. The van der Waals surface area contributed by atoms with Crippen molar-refractivity contribution >= 4 is 8.32 Å². The molecule has 0 aliphatic heterocycles. The second-order valence-electron chi connectivity index (χ2n) is 2.71. The van der Waals surface area contributed by atoms with Crippen molar-refractivity contribution in [1.82, 2.24) is 0 Å². The van der Waals surface area contributed by atoms with Gasteiger partial charge in [-0.1, -0.05) is 13.0 Å². The van der Waals surface area contributed by atoms with Crippen molar-refractivity contribution in [1.29, 1.82) is 0 Å². The molecule has 0 radical (unpaired) electrons. The molecule has 0 rings (SSSR count). The molecule has 9 heavy (non-hydrogen) atoms. The van der Waals surface area contributed by atoms with E-state index in [2.05, 4.69) is 26.6 Å². The van der Waals surface area contributed by atoms with Crippen LogP contribution in [0.15, 0.2) is 12.7 Å². The van der Waals surface area contributed by atoms with Gasteiger partial charge in [0, 0.05) is 0 Å². The Morgan fingerprint density at radius 2 is 2.11 bits per heavy atom. The van der Waals surface area contributed by atoms with Gasteiger partial charge in [-0.2, -0.15) is 0 Å². The summed E-state index contributed by atoms with van der Waals surface area (Å²) in [6, 6.07) is 1.18. The van der Waals surface area contributed by atoms with Gasteiger partial charge in [0.15, 0.2) is 8.32 Å². The van der Waals surface area contributed by atoms with E-state index in [4.69, 9.17) is 4.43 Å². The molecular formula is C7H16OSi. The molecule has 1 nitrogen and oxygen atoms in total. The van der Waals surface area contributed by atoms with Crippen molar-refractivity contribution in [3.63, 3.8) is 0 Å². The Morgan fingerprint density at radius 3 is 2.44 bits per heavy atom. The topological polar surface area (TPSA) is 9.23 Å². The molecule has 0 bridgehead atoms. The molecule has 0 aromatic rings. The highest BCUT2D eigenvalue weighted by Gasteiger charge is 2.17. The zero-order chi connectivity index (χ0) is 7.33. The van der Waals surface area contributed by atoms with Crippen LogP contribution in [-0.4, -0.2) is 14.9 Å². The summed E-state index contributed by atoms with van der Waals surface area (Å²) in [7, 11) is -1.27. The lowest BCUT2D eigenvalue weighted by molar-refractivity contribution is 0.353. The molecule has 0 saturated heterocycles. The summed E-state index contributed by atoms with van der Waals surface area (Å²) in [5.41, 5.74) is 0. The second-order valence-corrected chi connectivity index (χ2v) is 7.23. The highest BCUT2D eigenvalue weighted by molar-refractivity contribution is 6.71. The van der Waals surface area contributed by atoms with E-state index in [1.807, 2.05) is 6.08 Å². The van der Waals surface area contributed by atoms with Crippen LogP contribution in [0.25, 0.3) is 0 Å². The minimum Gasteiger partial charge on any atom is -0.414 e.